The average molecular weight is 240 g/mol. The first kappa shape index (κ1) is 13.4. The number of nitrogens with one attached hydrogen (secondary N) is 1. The van der Waals surface area contributed by atoms with Gasteiger partial charge in [0, 0.05) is 26.8 Å². The number of nitrogens with zero attached hydrogens (tertiary/aromatic N) is 1. The molecule has 2 N–H and O–H groups in total. The summed E-state index contributed by atoms with van der Waals surface area (Å²) in [6.07, 6.45) is -0.746. The number of aliphatic hydroxyl groups is 1. The van der Waals surface area contributed by atoms with Crippen LogP contribution in [0.4, 0.5) is 0 Å². The van der Waals surface area contributed by atoms with Gasteiger partial charge in [0.15, 0.2) is 0 Å². The van der Waals surface area contributed by atoms with Gasteiger partial charge in [-0.05, 0) is 6.07 Å². The Bertz CT molecular complexity index is 429. The van der Waals surface area contributed by atoms with Crippen molar-refractivity contribution in [3.63, 3.8) is 0 Å². The van der Waals surface area contributed by atoms with E-state index in [0.717, 1.165) is 0 Å². The van der Waals surface area contributed by atoms with Crippen LogP contribution in [0.2, 0.25) is 0 Å². The molecule has 1 amide bonds. The van der Waals surface area contributed by atoms with Crippen LogP contribution in [0.15, 0.2) is 23.0 Å². The van der Waals surface area contributed by atoms with E-state index in [9.17, 15) is 14.7 Å². The van der Waals surface area contributed by atoms with Crippen molar-refractivity contribution in [3.05, 3.63) is 34.2 Å². The number of ether oxygens (including phenoxy) is 1. The highest BCUT2D eigenvalue weighted by molar-refractivity contribution is 5.92. The van der Waals surface area contributed by atoms with E-state index in [-0.39, 0.29) is 30.3 Å². The third-order valence-electron chi connectivity index (χ3n) is 2.19. The predicted octanol–water partition coefficient (Wildman–Crippen LogP) is -0.546. The molecule has 1 heterocycles. The third-order valence-corrected chi connectivity index (χ3v) is 2.19. The summed E-state index contributed by atoms with van der Waals surface area (Å²) in [5.41, 5.74) is -0.133. The van der Waals surface area contributed by atoms with Crippen molar-refractivity contribution in [3.8, 4) is 0 Å². The van der Waals surface area contributed by atoms with Crippen LogP contribution in [0.5, 0.6) is 0 Å². The Hall–Kier alpha value is -1.66. The summed E-state index contributed by atoms with van der Waals surface area (Å²) in [7, 11) is 3.02. The quantitative estimate of drug-likeness (QED) is 0.723. The van der Waals surface area contributed by atoms with Crippen molar-refractivity contribution in [2.24, 2.45) is 0 Å². The minimum Gasteiger partial charge on any atom is -0.389 e. The Morgan fingerprint density at radius 1 is 1.59 bits per heavy atom. The number of rotatable bonds is 5. The van der Waals surface area contributed by atoms with E-state index in [1.165, 1.54) is 30.2 Å². The minimum absolute atomic E-state index is 0.142. The molecule has 0 aliphatic heterocycles. The normalized spacial score (nSPS) is 12.2. The molecule has 6 nitrogen and oxygen atoms in total. The highest BCUT2D eigenvalue weighted by Crippen LogP contribution is 1.99. The molecule has 1 rings (SSSR count). The molecular formula is C11H16N2O4. The van der Waals surface area contributed by atoms with E-state index in [2.05, 4.69) is 4.98 Å². The number of aromatic nitrogens is 1. The number of amides is 1. The number of pyridine rings is 1. The van der Waals surface area contributed by atoms with Gasteiger partial charge in [0.1, 0.15) is 5.69 Å². The second kappa shape index (κ2) is 6.17. The van der Waals surface area contributed by atoms with Crippen LogP contribution in [-0.4, -0.2) is 54.3 Å². The van der Waals surface area contributed by atoms with Gasteiger partial charge in [-0.25, -0.2) is 0 Å². The van der Waals surface area contributed by atoms with Crippen LogP contribution in [0.1, 0.15) is 10.5 Å². The number of aromatic amines is 1. The van der Waals surface area contributed by atoms with Gasteiger partial charge < -0.3 is 19.7 Å². The summed E-state index contributed by atoms with van der Waals surface area (Å²) >= 11 is 0. The number of methoxy groups -OCH3 is 1. The van der Waals surface area contributed by atoms with Gasteiger partial charge in [-0.15, -0.1) is 0 Å². The largest absolute Gasteiger partial charge is 0.389 e. The van der Waals surface area contributed by atoms with Crippen LogP contribution >= 0.6 is 0 Å². The summed E-state index contributed by atoms with van der Waals surface area (Å²) in [6, 6.07) is 4.35. The Morgan fingerprint density at radius 2 is 2.29 bits per heavy atom. The van der Waals surface area contributed by atoms with Crippen LogP contribution in [0, 0.1) is 0 Å². The van der Waals surface area contributed by atoms with Crippen LogP contribution in [-0.2, 0) is 4.74 Å². The van der Waals surface area contributed by atoms with Gasteiger partial charge in [0.25, 0.3) is 5.91 Å². The SMILES string of the molecule is COCC(O)CN(C)C(=O)c1cccc(=O)[nH]1. The van der Waals surface area contributed by atoms with E-state index in [4.69, 9.17) is 4.74 Å². The molecule has 0 saturated carbocycles. The second-order valence-electron chi connectivity index (χ2n) is 3.72. The van der Waals surface area contributed by atoms with E-state index >= 15 is 0 Å². The van der Waals surface area contributed by atoms with Crippen LogP contribution in [0.3, 0.4) is 0 Å². The van der Waals surface area contributed by atoms with Crippen molar-refractivity contribution < 1.29 is 14.6 Å². The fraction of sp³-hybridized carbons (Fsp3) is 0.455. The molecule has 1 unspecified atom stereocenters. The lowest BCUT2D eigenvalue weighted by Crippen LogP contribution is -2.37. The number of aliphatic hydroxyl groups excluding tert-OH is 1. The highest BCUT2D eigenvalue weighted by Gasteiger charge is 2.15. The molecule has 1 aromatic rings. The zero-order chi connectivity index (χ0) is 12.8. The van der Waals surface area contributed by atoms with Gasteiger partial charge in [0.2, 0.25) is 5.56 Å². The monoisotopic (exact) mass is 240 g/mol. The van der Waals surface area contributed by atoms with Gasteiger partial charge >= 0.3 is 0 Å². The molecule has 0 bridgehead atoms. The minimum atomic E-state index is -0.746. The molecule has 1 atom stereocenters. The first-order chi connectivity index (χ1) is 8.04. The highest BCUT2D eigenvalue weighted by atomic mass is 16.5. The van der Waals surface area contributed by atoms with Gasteiger partial charge in [-0.1, -0.05) is 6.07 Å². The van der Waals surface area contributed by atoms with Gasteiger partial charge in [-0.2, -0.15) is 0 Å². The Balaban J connectivity index is 2.67. The number of likely N-dealkylation sites (N-methyl/N-ethyl adjacent to an activating group) is 1. The Labute approximate surface area is 98.8 Å². The average Bonchev–Trinajstić information content (AvgIpc) is 2.28. The van der Waals surface area contributed by atoms with E-state index in [1.54, 1.807) is 7.05 Å². The third kappa shape index (κ3) is 4.01. The fourth-order valence-corrected chi connectivity index (χ4v) is 1.42. The number of carbonyl (C=O) groups is 1. The second-order valence-corrected chi connectivity index (χ2v) is 3.72. The van der Waals surface area contributed by atoms with Crippen molar-refractivity contribution in [2.45, 2.75) is 6.10 Å². The topological polar surface area (TPSA) is 82.6 Å². The zero-order valence-corrected chi connectivity index (χ0v) is 9.84. The van der Waals surface area contributed by atoms with Crippen molar-refractivity contribution in [2.75, 3.05) is 27.3 Å². The molecule has 0 saturated heterocycles. The molecule has 0 spiro atoms. The molecule has 1 aromatic heterocycles. The van der Waals surface area contributed by atoms with Crippen LogP contribution < -0.4 is 5.56 Å². The zero-order valence-electron chi connectivity index (χ0n) is 9.84. The molecule has 0 aliphatic carbocycles. The van der Waals surface area contributed by atoms with Crippen LogP contribution in [0.25, 0.3) is 0 Å². The van der Waals surface area contributed by atoms with Crippen molar-refractivity contribution in [1.29, 1.82) is 0 Å². The molecule has 0 aliphatic rings. The summed E-state index contributed by atoms with van der Waals surface area (Å²) < 4.78 is 4.76. The molecule has 0 radical (unpaired) electrons. The predicted molar refractivity (Wildman–Crippen MR) is 61.9 cm³/mol. The molecule has 0 fully saturated rings. The lowest BCUT2D eigenvalue weighted by molar-refractivity contribution is 0.0378. The van der Waals surface area contributed by atoms with E-state index in [1.807, 2.05) is 0 Å². The molecule has 17 heavy (non-hydrogen) atoms. The maximum atomic E-state index is 11.8. The number of H-pyrrole nitrogens is 1. The fourth-order valence-electron chi connectivity index (χ4n) is 1.42. The lowest BCUT2D eigenvalue weighted by Gasteiger charge is -2.20. The summed E-state index contributed by atoms with van der Waals surface area (Å²) in [5, 5.41) is 9.48. The van der Waals surface area contributed by atoms with E-state index in [0.29, 0.717) is 0 Å². The first-order valence-corrected chi connectivity index (χ1v) is 5.16. The number of hydrogen-bond acceptors (Lipinski definition) is 4. The molecule has 6 heteroatoms. The first-order valence-electron chi connectivity index (χ1n) is 5.16. The number of carbonyl (C=O) groups excluding carboxylic acids is 1. The molecule has 0 aromatic carbocycles. The smallest absolute Gasteiger partial charge is 0.270 e. The summed E-state index contributed by atoms with van der Waals surface area (Å²) in [4.78, 5) is 26.6. The van der Waals surface area contributed by atoms with Crippen molar-refractivity contribution >= 4 is 5.91 Å². The van der Waals surface area contributed by atoms with Crippen molar-refractivity contribution in [1.82, 2.24) is 9.88 Å². The summed E-state index contributed by atoms with van der Waals surface area (Å²) in [6.45, 7) is 0.298. The Kier molecular flexibility index (Phi) is 4.86. The van der Waals surface area contributed by atoms with Gasteiger partial charge in [0.05, 0.1) is 12.7 Å². The maximum Gasteiger partial charge on any atom is 0.270 e. The maximum absolute atomic E-state index is 11.8. The van der Waals surface area contributed by atoms with Gasteiger partial charge in [-0.3, -0.25) is 9.59 Å². The number of hydrogen-bond donors (Lipinski definition) is 2. The molecular weight excluding hydrogens is 224 g/mol. The van der Waals surface area contributed by atoms with E-state index < -0.39 is 6.10 Å². The standard InChI is InChI=1S/C11H16N2O4/c1-13(6-8(14)7-17-2)11(16)9-4-3-5-10(15)12-9/h3-5,8,14H,6-7H2,1-2H3,(H,12,15). The summed E-state index contributed by atoms with van der Waals surface area (Å²) in [5.74, 6) is -0.349. The lowest BCUT2D eigenvalue weighted by atomic mass is 10.3. The molecule has 94 valence electrons. The Morgan fingerprint density at radius 3 is 2.88 bits per heavy atom.